The zero-order chi connectivity index (χ0) is 15.2. The lowest BCUT2D eigenvalue weighted by Gasteiger charge is -2.16. The molecule has 6 heteroatoms. The van der Waals surface area contributed by atoms with Gasteiger partial charge in [-0.1, -0.05) is 18.2 Å². The first-order valence-electron chi connectivity index (χ1n) is 6.86. The minimum absolute atomic E-state index is 0.163. The number of fused-ring (bicyclic) bond motifs is 1. The summed E-state index contributed by atoms with van der Waals surface area (Å²) in [5, 5.41) is 3.62. The van der Waals surface area contributed by atoms with Crippen molar-refractivity contribution in [2.45, 2.75) is 19.4 Å². The van der Waals surface area contributed by atoms with Crippen LogP contribution >= 0.6 is 0 Å². The highest BCUT2D eigenvalue weighted by Gasteiger charge is 2.23. The normalized spacial score (nSPS) is 12.1. The van der Waals surface area contributed by atoms with Crippen molar-refractivity contribution in [3.8, 4) is 0 Å². The number of benzene rings is 1. The molecule has 0 aliphatic rings. The molecule has 0 radical (unpaired) electrons. The minimum atomic E-state index is -0.736. The van der Waals surface area contributed by atoms with E-state index in [-0.39, 0.29) is 19.1 Å². The van der Waals surface area contributed by atoms with Crippen LogP contribution in [0.4, 0.5) is 0 Å². The number of H-pyrrole nitrogens is 1. The molecule has 6 nitrogen and oxygen atoms in total. The van der Waals surface area contributed by atoms with E-state index in [0.717, 1.165) is 16.5 Å². The summed E-state index contributed by atoms with van der Waals surface area (Å²) in [5.74, 6) is -0.836. The predicted octanol–water partition coefficient (Wildman–Crippen LogP) is 0.717. The summed E-state index contributed by atoms with van der Waals surface area (Å²) in [6.45, 7) is 1.83. The Bertz CT molecular complexity index is 636. The fourth-order valence-electron chi connectivity index (χ4n) is 2.21. The summed E-state index contributed by atoms with van der Waals surface area (Å²) in [4.78, 5) is 26.6. The van der Waals surface area contributed by atoms with Gasteiger partial charge < -0.3 is 20.8 Å². The summed E-state index contributed by atoms with van der Waals surface area (Å²) in [7, 11) is 0. The van der Waals surface area contributed by atoms with Crippen molar-refractivity contribution in [3.63, 3.8) is 0 Å². The van der Waals surface area contributed by atoms with Crippen LogP contribution in [0.2, 0.25) is 0 Å². The lowest BCUT2D eigenvalue weighted by molar-refractivity contribution is -0.147. The lowest BCUT2D eigenvalue weighted by atomic mass is 10.0. The van der Waals surface area contributed by atoms with Crippen LogP contribution in [0.15, 0.2) is 30.5 Å². The second-order valence-corrected chi connectivity index (χ2v) is 4.64. The fourth-order valence-corrected chi connectivity index (χ4v) is 2.21. The molecule has 0 spiro atoms. The fraction of sp³-hybridized carbons (Fsp3) is 0.333. The van der Waals surface area contributed by atoms with Crippen molar-refractivity contribution >= 4 is 22.8 Å². The number of aromatic amines is 1. The van der Waals surface area contributed by atoms with E-state index >= 15 is 0 Å². The zero-order valence-electron chi connectivity index (χ0n) is 11.9. The van der Waals surface area contributed by atoms with Crippen molar-refractivity contribution in [2.24, 2.45) is 5.73 Å². The van der Waals surface area contributed by atoms with E-state index in [1.54, 1.807) is 6.92 Å². The van der Waals surface area contributed by atoms with Gasteiger partial charge in [-0.2, -0.15) is 0 Å². The first-order valence-corrected chi connectivity index (χ1v) is 6.86. The van der Waals surface area contributed by atoms with Gasteiger partial charge >= 0.3 is 5.97 Å². The number of carbonyl (C=O) groups excluding carboxylic acids is 2. The smallest absolute Gasteiger partial charge is 0.328 e. The van der Waals surface area contributed by atoms with E-state index in [2.05, 4.69) is 10.3 Å². The van der Waals surface area contributed by atoms with Crippen molar-refractivity contribution < 1.29 is 14.3 Å². The molecule has 0 aliphatic heterocycles. The van der Waals surface area contributed by atoms with Crippen molar-refractivity contribution in [1.82, 2.24) is 10.3 Å². The van der Waals surface area contributed by atoms with Gasteiger partial charge in [0.05, 0.1) is 13.2 Å². The molecule has 1 atom stereocenters. The van der Waals surface area contributed by atoms with Crippen LogP contribution < -0.4 is 11.1 Å². The quantitative estimate of drug-likeness (QED) is 0.682. The molecule has 21 heavy (non-hydrogen) atoms. The lowest BCUT2D eigenvalue weighted by Crippen LogP contribution is -2.45. The van der Waals surface area contributed by atoms with Gasteiger partial charge in [-0.3, -0.25) is 4.79 Å². The SMILES string of the molecule is CCOC(=O)[C@@H](Cc1c[nH]c2ccccc12)NC(=O)CN. The molecule has 0 bridgehead atoms. The zero-order valence-corrected chi connectivity index (χ0v) is 11.9. The summed E-state index contributed by atoms with van der Waals surface area (Å²) in [5.41, 5.74) is 7.22. The molecule has 1 heterocycles. The van der Waals surface area contributed by atoms with Gasteiger partial charge in [0.2, 0.25) is 5.91 Å². The highest BCUT2D eigenvalue weighted by Crippen LogP contribution is 2.19. The number of aromatic nitrogens is 1. The van der Waals surface area contributed by atoms with Crippen LogP contribution in [-0.4, -0.2) is 36.1 Å². The Hall–Kier alpha value is -2.34. The molecular formula is C15H19N3O3. The number of hydrogen-bond acceptors (Lipinski definition) is 4. The van der Waals surface area contributed by atoms with Crippen LogP contribution in [-0.2, 0) is 20.7 Å². The highest BCUT2D eigenvalue weighted by atomic mass is 16.5. The van der Waals surface area contributed by atoms with Gasteiger partial charge in [0, 0.05) is 23.5 Å². The maximum absolute atomic E-state index is 12.0. The van der Waals surface area contributed by atoms with Crippen LogP contribution in [0.1, 0.15) is 12.5 Å². The maximum Gasteiger partial charge on any atom is 0.328 e. The van der Waals surface area contributed by atoms with E-state index in [4.69, 9.17) is 10.5 Å². The molecule has 2 rings (SSSR count). The highest BCUT2D eigenvalue weighted by molar-refractivity contribution is 5.87. The largest absolute Gasteiger partial charge is 0.464 e. The van der Waals surface area contributed by atoms with Gasteiger partial charge in [0.25, 0.3) is 0 Å². The van der Waals surface area contributed by atoms with Crippen LogP contribution in [0.5, 0.6) is 0 Å². The van der Waals surface area contributed by atoms with Gasteiger partial charge in [-0.15, -0.1) is 0 Å². The van der Waals surface area contributed by atoms with E-state index in [9.17, 15) is 9.59 Å². The third kappa shape index (κ3) is 3.61. The Morgan fingerprint density at radius 1 is 1.38 bits per heavy atom. The van der Waals surface area contributed by atoms with Gasteiger partial charge in [0.15, 0.2) is 0 Å². The second-order valence-electron chi connectivity index (χ2n) is 4.64. The number of amides is 1. The summed E-state index contributed by atoms with van der Waals surface area (Å²) < 4.78 is 5.01. The Morgan fingerprint density at radius 2 is 2.14 bits per heavy atom. The molecular weight excluding hydrogens is 270 g/mol. The van der Waals surface area contributed by atoms with E-state index in [1.807, 2.05) is 30.5 Å². The van der Waals surface area contributed by atoms with Crippen molar-refractivity contribution in [1.29, 1.82) is 0 Å². The molecule has 1 aromatic heterocycles. The van der Waals surface area contributed by atoms with Crippen molar-refractivity contribution in [3.05, 3.63) is 36.0 Å². The molecule has 0 aliphatic carbocycles. The summed E-state index contributed by atoms with van der Waals surface area (Å²) in [6.07, 6.45) is 2.19. The van der Waals surface area contributed by atoms with E-state index in [1.165, 1.54) is 0 Å². The molecule has 1 amide bonds. The number of esters is 1. The van der Waals surface area contributed by atoms with Gasteiger partial charge in [-0.25, -0.2) is 4.79 Å². The second kappa shape index (κ2) is 6.90. The first kappa shape index (κ1) is 15.1. The molecule has 0 unspecified atom stereocenters. The number of carbonyl (C=O) groups is 2. The third-order valence-electron chi connectivity index (χ3n) is 3.19. The molecule has 0 fully saturated rings. The number of para-hydroxylation sites is 1. The van der Waals surface area contributed by atoms with Crippen LogP contribution in [0.25, 0.3) is 10.9 Å². The van der Waals surface area contributed by atoms with Crippen LogP contribution in [0.3, 0.4) is 0 Å². The average molecular weight is 289 g/mol. The van der Waals surface area contributed by atoms with Gasteiger partial charge in [-0.05, 0) is 18.6 Å². The van der Waals surface area contributed by atoms with E-state index < -0.39 is 12.0 Å². The first-order chi connectivity index (χ1) is 10.2. The standard InChI is InChI=1S/C15H19N3O3/c1-2-21-15(20)13(18-14(19)8-16)7-10-9-17-12-6-4-3-5-11(10)12/h3-6,9,13,17H,2,7-8,16H2,1H3,(H,18,19)/t13-/m1/s1. The molecule has 112 valence electrons. The third-order valence-corrected chi connectivity index (χ3v) is 3.19. The molecule has 0 saturated carbocycles. The number of ether oxygens (including phenoxy) is 1. The number of hydrogen-bond donors (Lipinski definition) is 3. The predicted molar refractivity (Wildman–Crippen MR) is 79.6 cm³/mol. The van der Waals surface area contributed by atoms with Crippen molar-refractivity contribution in [2.75, 3.05) is 13.2 Å². The van der Waals surface area contributed by atoms with E-state index in [0.29, 0.717) is 6.42 Å². The minimum Gasteiger partial charge on any atom is -0.464 e. The Morgan fingerprint density at radius 3 is 2.86 bits per heavy atom. The molecule has 0 saturated heterocycles. The Labute approximate surface area is 122 Å². The van der Waals surface area contributed by atoms with Gasteiger partial charge in [0.1, 0.15) is 6.04 Å². The Balaban J connectivity index is 2.21. The monoisotopic (exact) mass is 289 g/mol. The maximum atomic E-state index is 12.0. The molecule has 4 N–H and O–H groups in total. The molecule has 2 aromatic rings. The Kier molecular flexibility index (Phi) is 4.94. The number of rotatable bonds is 6. The average Bonchev–Trinajstić information content (AvgIpc) is 2.90. The topological polar surface area (TPSA) is 97.2 Å². The summed E-state index contributed by atoms with van der Waals surface area (Å²) in [6, 6.07) is 7.05. The summed E-state index contributed by atoms with van der Waals surface area (Å²) >= 11 is 0. The van der Waals surface area contributed by atoms with Crippen LogP contribution in [0, 0.1) is 0 Å². The number of nitrogens with one attached hydrogen (secondary N) is 2. The number of nitrogens with two attached hydrogens (primary N) is 1. The molecule has 1 aromatic carbocycles.